The van der Waals surface area contributed by atoms with Gasteiger partial charge in [-0.3, -0.25) is 14.5 Å². The number of ketones is 1. The van der Waals surface area contributed by atoms with Crippen molar-refractivity contribution in [2.75, 3.05) is 19.1 Å². The van der Waals surface area contributed by atoms with E-state index in [1.807, 2.05) is 0 Å². The van der Waals surface area contributed by atoms with E-state index in [9.17, 15) is 22.8 Å². The summed E-state index contributed by atoms with van der Waals surface area (Å²) in [6.45, 7) is 1.35. The fourth-order valence-electron chi connectivity index (χ4n) is 2.55. The molecule has 25 heavy (non-hydrogen) atoms. The second-order valence-electron chi connectivity index (χ2n) is 5.93. The summed E-state index contributed by atoms with van der Waals surface area (Å²) in [5.74, 6) is -0.387. The Hall–Kier alpha value is -2.42. The lowest BCUT2D eigenvalue weighted by Gasteiger charge is -2.16. The number of benzene rings is 1. The number of urea groups is 1. The maximum Gasteiger partial charge on any atom is 0.325 e. The molecule has 1 aromatic carbocycles. The molecule has 1 aromatic rings. The molecule has 1 N–H and O–H groups in total. The van der Waals surface area contributed by atoms with Crippen molar-refractivity contribution < 1.29 is 27.5 Å². The first-order valence-corrected chi connectivity index (χ1v) is 9.66. The van der Waals surface area contributed by atoms with E-state index in [4.69, 9.17) is 4.74 Å². The number of hydrogen-bond donors (Lipinski definition) is 1. The average Bonchev–Trinajstić information content (AvgIpc) is 2.79. The van der Waals surface area contributed by atoms with Crippen LogP contribution in [0.3, 0.4) is 0 Å². The predicted molar refractivity (Wildman–Crippen MR) is 90.2 cm³/mol. The molecular weight excluding hydrogens is 348 g/mol. The highest BCUT2D eigenvalue weighted by atomic mass is 32.2. The van der Waals surface area contributed by atoms with Crippen LogP contribution in [0, 0.1) is 0 Å². The van der Waals surface area contributed by atoms with Crippen molar-refractivity contribution in [3.05, 3.63) is 29.3 Å². The Morgan fingerprint density at radius 3 is 2.56 bits per heavy atom. The lowest BCUT2D eigenvalue weighted by atomic mass is 10.1. The first-order chi connectivity index (χ1) is 11.6. The van der Waals surface area contributed by atoms with Gasteiger partial charge in [0.05, 0.1) is 19.4 Å². The number of Topliss-reactive ketones (excluding diaryl/α,β-unsaturated/α-hetero) is 1. The van der Waals surface area contributed by atoms with Crippen LogP contribution < -0.4 is 10.1 Å². The molecule has 0 aliphatic carbocycles. The summed E-state index contributed by atoms with van der Waals surface area (Å²) < 4.78 is 27.7. The number of sulfone groups is 1. The molecule has 0 bridgehead atoms. The summed E-state index contributed by atoms with van der Waals surface area (Å²) in [5, 5.41) is 2.49. The number of ether oxygens (including phenoxy) is 1. The van der Waals surface area contributed by atoms with E-state index in [1.165, 1.54) is 14.0 Å². The molecule has 3 amide bonds. The van der Waals surface area contributed by atoms with Crippen LogP contribution in [0.1, 0.15) is 29.3 Å². The Bertz CT molecular complexity index is 818. The van der Waals surface area contributed by atoms with Gasteiger partial charge in [0.15, 0.2) is 5.78 Å². The van der Waals surface area contributed by atoms with Gasteiger partial charge in [0.25, 0.3) is 5.91 Å². The number of methoxy groups -OCH3 is 1. The zero-order valence-corrected chi connectivity index (χ0v) is 15.1. The molecule has 1 saturated heterocycles. The van der Waals surface area contributed by atoms with Gasteiger partial charge in [-0.15, -0.1) is 0 Å². The van der Waals surface area contributed by atoms with Gasteiger partial charge in [0.1, 0.15) is 21.6 Å². The summed E-state index contributed by atoms with van der Waals surface area (Å²) in [6.07, 6.45) is 1.09. The Morgan fingerprint density at radius 1 is 1.32 bits per heavy atom. The molecule has 0 saturated carbocycles. The number of rotatable bonds is 7. The number of carbonyl (C=O) groups is 3. The number of amides is 3. The largest absolute Gasteiger partial charge is 0.496 e. The minimum absolute atomic E-state index is 0.0184. The van der Waals surface area contributed by atoms with E-state index in [1.54, 1.807) is 18.2 Å². The molecule has 1 fully saturated rings. The van der Waals surface area contributed by atoms with Crippen molar-refractivity contribution in [2.45, 2.75) is 25.9 Å². The smallest absolute Gasteiger partial charge is 0.325 e. The lowest BCUT2D eigenvalue weighted by molar-refractivity contribution is -0.127. The second-order valence-corrected chi connectivity index (χ2v) is 8.19. The number of nitrogens with zero attached hydrogens (tertiary/aromatic N) is 1. The number of hydrogen-bond acceptors (Lipinski definition) is 6. The molecule has 1 aliphatic heterocycles. The highest BCUT2D eigenvalue weighted by Crippen LogP contribution is 2.24. The molecule has 136 valence electrons. The van der Waals surface area contributed by atoms with Gasteiger partial charge in [0, 0.05) is 17.4 Å². The van der Waals surface area contributed by atoms with Crippen molar-refractivity contribution >= 4 is 27.6 Å². The van der Waals surface area contributed by atoms with Gasteiger partial charge >= 0.3 is 6.03 Å². The van der Waals surface area contributed by atoms with Gasteiger partial charge in [-0.1, -0.05) is 0 Å². The van der Waals surface area contributed by atoms with Crippen LogP contribution in [-0.4, -0.2) is 56.2 Å². The first kappa shape index (κ1) is 18.9. The van der Waals surface area contributed by atoms with Crippen LogP contribution in [0.15, 0.2) is 18.2 Å². The van der Waals surface area contributed by atoms with E-state index in [0.29, 0.717) is 16.9 Å². The Balaban J connectivity index is 2.19. The van der Waals surface area contributed by atoms with E-state index < -0.39 is 27.8 Å². The molecule has 0 aromatic heterocycles. The third-order valence-corrected chi connectivity index (χ3v) is 4.88. The second kappa shape index (κ2) is 7.22. The van der Waals surface area contributed by atoms with Crippen molar-refractivity contribution in [2.24, 2.45) is 0 Å². The van der Waals surface area contributed by atoms with Crippen molar-refractivity contribution in [3.63, 3.8) is 0 Å². The quantitative estimate of drug-likeness (QED) is 0.562. The number of nitrogens with one attached hydrogen (secondary N) is 1. The molecule has 0 radical (unpaired) electrons. The van der Waals surface area contributed by atoms with Crippen LogP contribution in [0.4, 0.5) is 4.79 Å². The highest BCUT2D eigenvalue weighted by Gasteiger charge is 2.38. The minimum Gasteiger partial charge on any atom is -0.496 e. The van der Waals surface area contributed by atoms with Crippen molar-refractivity contribution in [1.29, 1.82) is 0 Å². The predicted octanol–water partition coefficient (Wildman–Crippen LogP) is 0.753. The zero-order chi connectivity index (χ0) is 18.8. The van der Waals surface area contributed by atoms with Gasteiger partial charge in [-0.2, -0.15) is 0 Å². The minimum atomic E-state index is -3.23. The molecule has 1 heterocycles. The lowest BCUT2D eigenvalue weighted by Crippen LogP contribution is -2.32. The molecule has 9 heteroatoms. The number of imide groups is 1. The monoisotopic (exact) mass is 368 g/mol. The fourth-order valence-corrected chi connectivity index (χ4v) is 3.21. The van der Waals surface area contributed by atoms with Crippen LogP contribution in [0.5, 0.6) is 5.75 Å². The Kier molecular flexibility index (Phi) is 5.46. The number of carbonyl (C=O) groups excluding carboxylic acids is 3. The molecule has 1 aliphatic rings. The van der Waals surface area contributed by atoms with Crippen LogP contribution >= 0.6 is 0 Å². The fraction of sp³-hybridized carbons (Fsp3) is 0.438. The molecule has 1 unspecified atom stereocenters. The summed E-state index contributed by atoms with van der Waals surface area (Å²) in [4.78, 5) is 37.0. The van der Waals surface area contributed by atoms with Crippen molar-refractivity contribution in [1.82, 2.24) is 10.2 Å². The Labute approximate surface area is 146 Å². The zero-order valence-electron chi connectivity index (χ0n) is 14.2. The SMILES string of the molecule is COc1ccc(C(C)=O)cc1CN1C(=O)NC(CCS(C)(=O)=O)C1=O. The Morgan fingerprint density at radius 2 is 2.00 bits per heavy atom. The van der Waals surface area contributed by atoms with Crippen LogP contribution in [-0.2, 0) is 21.2 Å². The molecule has 8 nitrogen and oxygen atoms in total. The van der Waals surface area contributed by atoms with E-state index in [0.717, 1.165) is 11.2 Å². The maximum atomic E-state index is 12.4. The summed E-state index contributed by atoms with van der Waals surface area (Å²) >= 11 is 0. The molecule has 0 spiro atoms. The first-order valence-electron chi connectivity index (χ1n) is 7.60. The maximum absolute atomic E-state index is 12.4. The van der Waals surface area contributed by atoms with Gasteiger partial charge in [-0.05, 0) is 31.5 Å². The van der Waals surface area contributed by atoms with E-state index in [2.05, 4.69) is 5.32 Å². The molecule has 1 atom stereocenters. The van der Waals surface area contributed by atoms with Gasteiger partial charge in [-0.25, -0.2) is 13.2 Å². The van der Waals surface area contributed by atoms with E-state index >= 15 is 0 Å². The summed E-state index contributed by atoms with van der Waals surface area (Å²) in [5.41, 5.74) is 0.957. The van der Waals surface area contributed by atoms with Crippen molar-refractivity contribution in [3.8, 4) is 5.75 Å². The molecule has 2 rings (SSSR count). The third-order valence-electron chi connectivity index (χ3n) is 3.90. The standard InChI is InChI=1S/C16H20N2O6S/c1-10(19)11-4-5-14(24-2)12(8-11)9-18-15(20)13(17-16(18)21)6-7-25(3,22)23/h4-5,8,13H,6-7,9H2,1-3H3,(H,17,21). The normalized spacial score (nSPS) is 17.6. The van der Waals surface area contributed by atoms with Gasteiger partial charge in [0.2, 0.25) is 0 Å². The summed E-state index contributed by atoms with van der Waals surface area (Å²) in [6, 6.07) is 3.31. The molecular formula is C16H20N2O6S. The van der Waals surface area contributed by atoms with Gasteiger partial charge < -0.3 is 10.1 Å². The van der Waals surface area contributed by atoms with E-state index in [-0.39, 0.29) is 24.5 Å². The summed E-state index contributed by atoms with van der Waals surface area (Å²) in [7, 11) is -1.78. The third kappa shape index (κ3) is 4.56. The highest BCUT2D eigenvalue weighted by molar-refractivity contribution is 7.90. The topological polar surface area (TPSA) is 110 Å². The van der Waals surface area contributed by atoms with Crippen LogP contribution in [0.25, 0.3) is 0 Å². The average molecular weight is 368 g/mol. The van der Waals surface area contributed by atoms with Crippen LogP contribution in [0.2, 0.25) is 0 Å².